The first-order valence-corrected chi connectivity index (χ1v) is 13.1. The summed E-state index contributed by atoms with van der Waals surface area (Å²) in [7, 11) is -3.47. The van der Waals surface area contributed by atoms with E-state index in [1.165, 1.54) is 4.31 Å². The van der Waals surface area contributed by atoms with Crippen LogP contribution in [-0.2, 0) is 26.0 Å². The van der Waals surface area contributed by atoms with Crippen LogP contribution in [0.2, 0.25) is 0 Å². The van der Waals surface area contributed by atoms with E-state index in [0.29, 0.717) is 38.2 Å². The summed E-state index contributed by atoms with van der Waals surface area (Å²) in [5, 5.41) is 0. The molecule has 0 aliphatic carbocycles. The standard InChI is InChI=1S/C25H29N3O5S/c1-25-16-20(19-6-2-3-7-21(19)33-25)22(23(26)29)24(30)28(25)15-12-17-8-10-18(11-9-17)34(31,32)27-13-4-5-14-27/h2-3,6-11,20,22H,4-5,12-16H2,1H3,(H2,26,29)/t20-,22-,25-/m0/s1. The number of hydrogen-bond acceptors (Lipinski definition) is 5. The zero-order valence-electron chi connectivity index (χ0n) is 19.1. The number of primary amides is 1. The van der Waals surface area contributed by atoms with Gasteiger partial charge in [0, 0.05) is 32.0 Å². The minimum absolute atomic E-state index is 0.281. The molecule has 2 aromatic rings. The minimum Gasteiger partial charge on any atom is -0.468 e. The summed E-state index contributed by atoms with van der Waals surface area (Å²) in [6.45, 7) is 3.32. The number of benzene rings is 2. The van der Waals surface area contributed by atoms with Gasteiger partial charge in [-0.1, -0.05) is 30.3 Å². The second kappa shape index (κ2) is 8.39. The Bertz CT molecular complexity index is 1220. The van der Waals surface area contributed by atoms with Crippen molar-refractivity contribution in [1.29, 1.82) is 0 Å². The third-order valence-corrected chi connectivity index (χ3v) is 9.22. The van der Waals surface area contributed by atoms with E-state index in [2.05, 4.69) is 0 Å². The molecule has 3 aliphatic rings. The van der Waals surface area contributed by atoms with Crippen molar-refractivity contribution in [1.82, 2.24) is 9.21 Å². The Labute approximate surface area is 199 Å². The van der Waals surface area contributed by atoms with Gasteiger partial charge in [-0.2, -0.15) is 4.31 Å². The summed E-state index contributed by atoms with van der Waals surface area (Å²) in [5.41, 5.74) is 6.53. The molecule has 3 aliphatic heterocycles. The number of para-hydroxylation sites is 1. The highest BCUT2D eigenvalue weighted by molar-refractivity contribution is 7.89. The van der Waals surface area contributed by atoms with Crippen molar-refractivity contribution in [3.05, 3.63) is 59.7 Å². The molecule has 3 atom stereocenters. The van der Waals surface area contributed by atoms with Crippen LogP contribution in [0.4, 0.5) is 0 Å². The van der Waals surface area contributed by atoms with Gasteiger partial charge in [0.15, 0.2) is 5.72 Å². The maximum Gasteiger partial charge on any atom is 0.243 e. The number of nitrogens with two attached hydrogens (primary N) is 1. The van der Waals surface area contributed by atoms with Crippen LogP contribution in [0.3, 0.4) is 0 Å². The molecular weight excluding hydrogens is 454 g/mol. The molecule has 0 spiro atoms. The van der Waals surface area contributed by atoms with Gasteiger partial charge >= 0.3 is 0 Å². The highest BCUT2D eigenvalue weighted by Gasteiger charge is 2.55. The molecule has 2 N–H and O–H groups in total. The summed E-state index contributed by atoms with van der Waals surface area (Å²) in [6.07, 6.45) is 2.75. The van der Waals surface area contributed by atoms with Crippen LogP contribution in [-0.4, -0.2) is 54.8 Å². The SMILES string of the molecule is C[C@@]12C[C@@H](c3ccccc3O1)[C@@H](C(N)=O)C(=O)N2CCc1ccc(S(=O)(=O)N2CCCC2)cc1. The summed E-state index contributed by atoms with van der Waals surface area (Å²) in [5.74, 6) is -1.54. The molecule has 2 bridgehead atoms. The lowest BCUT2D eigenvalue weighted by atomic mass is 9.73. The van der Waals surface area contributed by atoms with Gasteiger partial charge in [0.05, 0.1) is 4.90 Å². The number of nitrogens with zero attached hydrogens (tertiary/aromatic N) is 2. The third-order valence-electron chi connectivity index (χ3n) is 7.31. The van der Waals surface area contributed by atoms with Gasteiger partial charge in [0.25, 0.3) is 0 Å². The number of fused-ring (bicyclic) bond motifs is 4. The average Bonchev–Trinajstić information content (AvgIpc) is 3.35. The lowest BCUT2D eigenvalue weighted by Gasteiger charge is -2.52. The number of amides is 2. The van der Waals surface area contributed by atoms with Gasteiger partial charge in [-0.15, -0.1) is 0 Å². The molecular formula is C25H29N3O5S. The van der Waals surface area contributed by atoms with Gasteiger partial charge in [0.1, 0.15) is 11.7 Å². The molecule has 2 aromatic carbocycles. The highest BCUT2D eigenvalue weighted by Crippen LogP contribution is 2.50. The predicted octanol–water partition coefficient (Wildman–Crippen LogP) is 2.24. The second-order valence-corrected chi connectivity index (χ2v) is 11.4. The molecule has 0 aromatic heterocycles. The van der Waals surface area contributed by atoms with Gasteiger partial charge in [-0.05, 0) is 55.5 Å². The Balaban J connectivity index is 1.36. The van der Waals surface area contributed by atoms with Crippen molar-refractivity contribution in [2.45, 2.75) is 49.1 Å². The lowest BCUT2D eigenvalue weighted by molar-refractivity contribution is -0.175. The maximum atomic E-state index is 13.4. The van der Waals surface area contributed by atoms with Crippen LogP contribution in [0.25, 0.3) is 0 Å². The molecule has 8 nitrogen and oxygen atoms in total. The number of likely N-dealkylation sites (tertiary alicyclic amines) is 1. The average molecular weight is 484 g/mol. The molecule has 0 radical (unpaired) electrons. The molecule has 2 fully saturated rings. The van der Waals surface area contributed by atoms with E-state index in [-0.39, 0.29) is 16.7 Å². The number of rotatable bonds is 6. The molecule has 9 heteroatoms. The second-order valence-electron chi connectivity index (χ2n) is 9.50. The van der Waals surface area contributed by atoms with Gasteiger partial charge in [-0.25, -0.2) is 8.42 Å². The normalized spacial score (nSPS) is 26.7. The summed E-state index contributed by atoms with van der Waals surface area (Å²) in [4.78, 5) is 27.6. The van der Waals surface area contributed by atoms with E-state index in [0.717, 1.165) is 24.0 Å². The number of carbonyl (C=O) groups excluding carboxylic acids is 2. The molecule has 34 heavy (non-hydrogen) atoms. The molecule has 0 saturated carbocycles. The van der Waals surface area contributed by atoms with Crippen molar-refractivity contribution in [3.8, 4) is 5.75 Å². The number of carbonyl (C=O) groups is 2. The first-order valence-electron chi connectivity index (χ1n) is 11.7. The highest BCUT2D eigenvalue weighted by atomic mass is 32.2. The fourth-order valence-electron chi connectivity index (χ4n) is 5.53. The Kier molecular flexibility index (Phi) is 5.64. The minimum atomic E-state index is -3.47. The molecule has 0 unspecified atom stereocenters. The zero-order valence-corrected chi connectivity index (χ0v) is 20.0. The third kappa shape index (κ3) is 3.76. The van der Waals surface area contributed by atoms with E-state index < -0.39 is 27.6 Å². The Morgan fingerprint density at radius 1 is 1.12 bits per heavy atom. The Morgan fingerprint density at radius 3 is 2.47 bits per heavy atom. The lowest BCUT2D eigenvalue weighted by Crippen LogP contribution is -2.64. The van der Waals surface area contributed by atoms with Crippen LogP contribution < -0.4 is 10.5 Å². The molecule has 2 amide bonds. The van der Waals surface area contributed by atoms with Crippen LogP contribution in [0.1, 0.15) is 43.2 Å². The van der Waals surface area contributed by atoms with E-state index in [9.17, 15) is 18.0 Å². The molecule has 3 heterocycles. The Morgan fingerprint density at radius 2 is 1.79 bits per heavy atom. The summed E-state index contributed by atoms with van der Waals surface area (Å²) < 4.78 is 33.3. The summed E-state index contributed by atoms with van der Waals surface area (Å²) >= 11 is 0. The van der Waals surface area contributed by atoms with Gasteiger partial charge < -0.3 is 15.4 Å². The van der Waals surface area contributed by atoms with E-state index in [1.807, 2.05) is 31.2 Å². The van der Waals surface area contributed by atoms with E-state index >= 15 is 0 Å². The van der Waals surface area contributed by atoms with Crippen LogP contribution in [0.5, 0.6) is 5.75 Å². The quantitative estimate of drug-likeness (QED) is 0.634. The number of hydrogen-bond donors (Lipinski definition) is 1. The Hall–Kier alpha value is -2.91. The number of sulfonamides is 1. The monoisotopic (exact) mass is 483 g/mol. The van der Waals surface area contributed by atoms with Crippen molar-refractivity contribution in [3.63, 3.8) is 0 Å². The van der Waals surface area contributed by atoms with Gasteiger partial charge in [-0.3, -0.25) is 9.59 Å². The van der Waals surface area contributed by atoms with Crippen LogP contribution >= 0.6 is 0 Å². The summed E-state index contributed by atoms with van der Waals surface area (Å²) in [6, 6.07) is 14.3. The van der Waals surface area contributed by atoms with Crippen molar-refractivity contribution in [2.75, 3.05) is 19.6 Å². The first kappa shape index (κ1) is 22.9. The van der Waals surface area contributed by atoms with E-state index in [1.54, 1.807) is 29.2 Å². The first-order chi connectivity index (χ1) is 16.2. The zero-order chi connectivity index (χ0) is 24.1. The van der Waals surface area contributed by atoms with Crippen molar-refractivity contribution in [2.24, 2.45) is 11.7 Å². The van der Waals surface area contributed by atoms with Gasteiger partial charge in [0.2, 0.25) is 21.8 Å². The van der Waals surface area contributed by atoms with Crippen LogP contribution in [0.15, 0.2) is 53.4 Å². The smallest absolute Gasteiger partial charge is 0.243 e. The molecule has 5 rings (SSSR count). The molecule has 2 saturated heterocycles. The fraction of sp³-hybridized carbons (Fsp3) is 0.440. The number of ether oxygens (including phenoxy) is 1. The van der Waals surface area contributed by atoms with Crippen LogP contribution in [0, 0.1) is 5.92 Å². The van der Waals surface area contributed by atoms with Crippen molar-refractivity contribution < 1.29 is 22.7 Å². The maximum absolute atomic E-state index is 13.4. The predicted molar refractivity (Wildman–Crippen MR) is 125 cm³/mol. The van der Waals surface area contributed by atoms with E-state index in [4.69, 9.17) is 10.5 Å². The molecule has 180 valence electrons. The largest absolute Gasteiger partial charge is 0.468 e. The number of piperidine rings is 1. The topological polar surface area (TPSA) is 110 Å². The van der Waals surface area contributed by atoms with Crippen molar-refractivity contribution >= 4 is 21.8 Å². The fourth-order valence-corrected chi connectivity index (χ4v) is 7.04.